The predicted molar refractivity (Wildman–Crippen MR) is 78.2 cm³/mol. The third-order valence-electron chi connectivity index (χ3n) is 3.26. The van der Waals surface area contributed by atoms with E-state index >= 15 is 0 Å². The van der Waals surface area contributed by atoms with Crippen LogP contribution in [-0.4, -0.2) is 27.4 Å². The zero-order valence-electron chi connectivity index (χ0n) is 12.0. The van der Waals surface area contributed by atoms with E-state index in [0.717, 1.165) is 0 Å². The Morgan fingerprint density at radius 1 is 1.43 bits per heavy atom. The van der Waals surface area contributed by atoms with Crippen LogP contribution in [0.3, 0.4) is 0 Å². The van der Waals surface area contributed by atoms with Crippen LogP contribution in [0.5, 0.6) is 0 Å². The van der Waals surface area contributed by atoms with Crippen LogP contribution < -0.4 is 0 Å². The summed E-state index contributed by atoms with van der Waals surface area (Å²) in [4.78, 5) is 11.0. The van der Waals surface area contributed by atoms with E-state index in [9.17, 15) is 9.18 Å². The first kappa shape index (κ1) is 15.1. The van der Waals surface area contributed by atoms with Gasteiger partial charge in [0.25, 0.3) is 0 Å². The molecule has 6 nitrogen and oxygen atoms in total. The number of benzene rings is 1. The molecule has 1 unspecified atom stereocenters. The lowest BCUT2D eigenvalue weighted by Crippen LogP contribution is -2.11. The lowest BCUT2D eigenvalue weighted by atomic mass is 10.1. The van der Waals surface area contributed by atoms with Crippen LogP contribution >= 0.6 is 0 Å². The van der Waals surface area contributed by atoms with Crippen LogP contribution in [0.15, 0.2) is 52.7 Å². The molecule has 0 fully saturated rings. The minimum Gasteiger partial charge on any atom is -0.478 e. The zero-order valence-corrected chi connectivity index (χ0v) is 12.0. The van der Waals surface area contributed by atoms with E-state index < -0.39 is 5.97 Å². The molecule has 0 bridgehead atoms. The third kappa shape index (κ3) is 3.70. The van der Waals surface area contributed by atoms with Crippen molar-refractivity contribution in [2.24, 2.45) is 0 Å². The summed E-state index contributed by atoms with van der Waals surface area (Å²) in [5, 5.41) is 16.7. The second-order valence-corrected chi connectivity index (χ2v) is 4.92. The Morgan fingerprint density at radius 2 is 2.30 bits per heavy atom. The van der Waals surface area contributed by atoms with Crippen molar-refractivity contribution in [3.8, 4) is 11.5 Å². The van der Waals surface area contributed by atoms with Crippen molar-refractivity contribution in [2.45, 2.75) is 19.1 Å². The van der Waals surface area contributed by atoms with Gasteiger partial charge in [-0.1, -0.05) is 12.1 Å². The van der Waals surface area contributed by atoms with Gasteiger partial charge in [0.05, 0.1) is 11.7 Å². The SMILES string of the molecule is O=C(O)c1cccc(-c2nnc(COC3C=CC(F)=CC3)o2)c1. The number of aromatic nitrogens is 2. The molecule has 118 valence electrons. The molecule has 0 saturated heterocycles. The van der Waals surface area contributed by atoms with Crippen LogP contribution in [0.2, 0.25) is 0 Å². The molecule has 0 amide bonds. The molecule has 1 aliphatic carbocycles. The van der Waals surface area contributed by atoms with Crippen LogP contribution in [-0.2, 0) is 11.3 Å². The molecule has 3 rings (SSSR count). The second-order valence-electron chi connectivity index (χ2n) is 4.92. The molecule has 23 heavy (non-hydrogen) atoms. The standard InChI is InChI=1S/C16H13FN2O4/c17-12-4-6-13(7-5-12)22-9-14-18-19-15(23-14)10-2-1-3-11(8-10)16(20)21/h1-6,8,13H,7,9H2,(H,20,21). The van der Waals surface area contributed by atoms with E-state index in [1.807, 2.05) is 0 Å². The van der Waals surface area contributed by atoms with Crippen molar-refractivity contribution in [2.75, 3.05) is 0 Å². The number of hydrogen-bond acceptors (Lipinski definition) is 5. The van der Waals surface area contributed by atoms with E-state index in [2.05, 4.69) is 10.2 Å². The van der Waals surface area contributed by atoms with Crippen molar-refractivity contribution < 1.29 is 23.4 Å². The van der Waals surface area contributed by atoms with Gasteiger partial charge in [-0.05, 0) is 36.8 Å². The number of rotatable bonds is 5. The highest BCUT2D eigenvalue weighted by Gasteiger charge is 2.14. The Kier molecular flexibility index (Phi) is 4.29. The second kappa shape index (κ2) is 6.53. The van der Waals surface area contributed by atoms with Gasteiger partial charge in [-0.2, -0.15) is 0 Å². The fraction of sp³-hybridized carbons (Fsp3) is 0.188. The maximum atomic E-state index is 12.8. The summed E-state index contributed by atoms with van der Waals surface area (Å²) in [6.07, 6.45) is 4.64. The number of carboxylic acids is 1. The minimum absolute atomic E-state index is 0.0933. The van der Waals surface area contributed by atoms with E-state index in [-0.39, 0.29) is 35.9 Å². The van der Waals surface area contributed by atoms with Gasteiger partial charge in [0.1, 0.15) is 12.4 Å². The predicted octanol–water partition coefficient (Wildman–Crippen LogP) is 3.13. The molecule has 1 atom stereocenters. The largest absolute Gasteiger partial charge is 0.478 e. The molecular formula is C16H13FN2O4. The van der Waals surface area contributed by atoms with Crippen molar-refractivity contribution in [3.63, 3.8) is 0 Å². The summed E-state index contributed by atoms with van der Waals surface area (Å²) in [6, 6.07) is 6.22. The fourth-order valence-corrected chi connectivity index (χ4v) is 2.09. The first-order valence-corrected chi connectivity index (χ1v) is 6.93. The Balaban J connectivity index is 1.65. The van der Waals surface area contributed by atoms with Gasteiger partial charge in [0.15, 0.2) is 0 Å². The maximum absolute atomic E-state index is 12.8. The lowest BCUT2D eigenvalue weighted by Gasteiger charge is -2.13. The minimum atomic E-state index is -1.03. The number of aromatic carboxylic acids is 1. The summed E-state index contributed by atoms with van der Waals surface area (Å²) < 4.78 is 23.8. The van der Waals surface area contributed by atoms with Crippen molar-refractivity contribution in [3.05, 3.63) is 59.8 Å². The summed E-state index contributed by atoms with van der Waals surface area (Å²) in [7, 11) is 0. The Labute approximate surface area is 130 Å². The van der Waals surface area contributed by atoms with E-state index in [1.54, 1.807) is 18.2 Å². The first-order chi connectivity index (χ1) is 11.1. The van der Waals surface area contributed by atoms with Crippen LogP contribution in [0.1, 0.15) is 22.7 Å². The number of allylic oxidation sites excluding steroid dienone is 2. The average Bonchev–Trinajstić information content (AvgIpc) is 3.03. The lowest BCUT2D eigenvalue weighted by molar-refractivity contribution is 0.0584. The van der Waals surface area contributed by atoms with Gasteiger partial charge < -0.3 is 14.3 Å². The van der Waals surface area contributed by atoms with Gasteiger partial charge in [-0.15, -0.1) is 10.2 Å². The highest BCUT2D eigenvalue weighted by molar-refractivity contribution is 5.88. The van der Waals surface area contributed by atoms with Crippen molar-refractivity contribution in [1.29, 1.82) is 0 Å². The molecule has 1 aliphatic rings. The normalized spacial score (nSPS) is 17.1. The molecular weight excluding hydrogens is 303 g/mol. The van der Waals surface area contributed by atoms with Gasteiger partial charge >= 0.3 is 5.97 Å². The summed E-state index contributed by atoms with van der Waals surface area (Å²) >= 11 is 0. The molecule has 7 heteroatoms. The highest BCUT2D eigenvalue weighted by Crippen LogP contribution is 2.20. The van der Waals surface area contributed by atoms with Crippen LogP contribution in [0.4, 0.5) is 4.39 Å². The average molecular weight is 316 g/mol. The van der Waals surface area contributed by atoms with Crippen LogP contribution in [0.25, 0.3) is 11.5 Å². The number of hydrogen-bond donors (Lipinski definition) is 1. The molecule has 1 heterocycles. The molecule has 1 aromatic heterocycles. The van der Waals surface area contributed by atoms with Gasteiger partial charge in [0.2, 0.25) is 11.8 Å². The maximum Gasteiger partial charge on any atom is 0.335 e. The fourth-order valence-electron chi connectivity index (χ4n) is 2.09. The molecule has 1 aromatic carbocycles. The summed E-state index contributed by atoms with van der Waals surface area (Å²) in [6.45, 7) is 0.0933. The Hall–Kier alpha value is -2.80. The van der Waals surface area contributed by atoms with Gasteiger partial charge in [0, 0.05) is 5.56 Å². The molecule has 2 aromatic rings. The van der Waals surface area contributed by atoms with Crippen molar-refractivity contribution >= 4 is 5.97 Å². The number of nitrogens with zero attached hydrogens (tertiary/aromatic N) is 2. The summed E-state index contributed by atoms with van der Waals surface area (Å²) in [5.74, 6) is -0.816. The quantitative estimate of drug-likeness (QED) is 0.912. The topological polar surface area (TPSA) is 85.5 Å². The van der Waals surface area contributed by atoms with Crippen molar-refractivity contribution in [1.82, 2.24) is 10.2 Å². The molecule has 0 spiro atoms. The van der Waals surface area contributed by atoms with E-state index in [0.29, 0.717) is 12.0 Å². The van der Waals surface area contributed by atoms with Gasteiger partial charge in [-0.3, -0.25) is 0 Å². The highest BCUT2D eigenvalue weighted by atomic mass is 19.1. The number of halogens is 1. The monoisotopic (exact) mass is 316 g/mol. The Bertz CT molecular complexity index is 782. The van der Waals surface area contributed by atoms with E-state index in [1.165, 1.54) is 24.3 Å². The zero-order chi connectivity index (χ0) is 16.2. The number of ether oxygens (including phenoxy) is 1. The first-order valence-electron chi connectivity index (χ1n) is 6.93. The summed E-state index contributed by atoms with van der Waals surface area (Å²) in [5.41, 5.74) is 0.658. The van der Waals surface area contributed by atoms with E-state index in [4.69, 9.17) is 14.3 Å². The third-order valence-corrected chi connectivity index (χ3v) is 3.26. The van der Waals surface area contributed by atoms with Gasteiger partial charge in [-0.25, -0.2) is 9.18 Å². The molecule has 1 N–H and O–H groups in total. The molecule has 0 aliphatic heterocycles. The number of carboxylic acid groups (broad SMARTS) is 1. The smallest absolute Gasteiger partial charge is 0.335 e. The Morgan fingerprint density at radius 3 is 3.04 bits per heavy atom. The van der Waals surface area contributed by atoms with Crippen LogP contribution in [0, 0.1) is 0 Å². The molecule has 0 radical (unpaired) electrons. The molecule has 0 saturated carbocycles. The number of carbonyl (C=O) groups is 1.